The van der Waals surface area contributed by atoms with Gasteiger partial charge < -0.3 is 15.5 Å². The summed E-state index contributed by atoms with van der Waals surface area (Å²) in [6.07, 6.45) is 1.04. The Labute approximate surface area is 114 Å². The van der Waals surface area contributed by atoms with Crippen LogP contribution in [0.2, 0.25) is 0 Å². The molecule has 0 aromatic heterocycles. The zero-order chi connectivity index (χ0) is 14.1. The van der Waals surface area contributed by atoms with Crippen LogP contribution >= 0.6 is 0 Å². The SMILES string of the molecule is CN=C(NCCCN(C)C)NCc1ccccc1F. The Hall–Kier alpha value is -1.62. The van der Waals surface area contributed by atoms with Crippen LogP contribution in [0.5, 0.6) is 0 Å². The highest BCUT2D eigenvalue weighted by atomic mass is 19.1. The Morgan fingerprint density at radius 1 is 1.26 bits per heavy atom. The maximum Gasteiger partial charge on any atom is 0.191 e. The summed E-state index contributed by atoms with van der Waals surface area (Å²) in [5.41, 5.74) is 0.638. The highest BCUT2D eigenvalue weighted by molar-refractivity contribution is 5.79. The van der Waals surface area contributed by atoms with Gasteiger partial charge in [0.1, 0.15) is 5.82 Å². The Kier molecular flexibility index (Phi) is 6.89. The van der Waals surface area contributed by atoms with Gasteiger partial charge in [-0.2, -0.15) is 0 Å². The van der Waals surface area contributed by atoms with Crippen molar-refractivity contribution in [1.29, 1.82) is 0 Å². The van der Waals surface area contributed by atoms with E-state index in [0.717, 1.165) is 19.5 Å². The maximum atomic E-state index is 13.4. The topological polar surface area (TPSA) is 39.7 Å². The average Bonchev–Trinajstić information content (AvgIpc) is 2.39. The lowest BCUT2D eigenvalue weighted by molar-refractivity contribution is 0.399. The number of nitrogens with zero attached hydrogens (tertiary/aromatic N) is 2. The molecular formula is C14H23FN4. The fourth-order valence-electron chi connectivity index (χ4n) is 1.64. The smallest absolute Gasteiger partial charge is 0.191 e. The molecule has 0 bridgehead atoms. The fraction of sp³-hybridized carbons (Fsp3) is 0.500. The number of halogens is 1. The van der Waals surface area contributed by atoms with E-state index in [1.807, 2.05) is 20.2 Å². The number of nitrogens with one attached hydrogen (secondary N) is 2. The highest BCUT2D eigenvalue weighted by Crippen LogP contribution is 2.05. The first kappa shape index (κ1) is 15.4. The molecule has 0 spiro atoms. The first-order valence-corrected chi connectivity index (χ1v) is 6.46. The van der Waals surface area contributed by atoms with Crippen molar-refractivity contribution >= 4 is 5.96 Å². The lowest BCUT2D eigenvalue weighted by Crippen LogP contribution is -2.38. The molecule has 0 atom stereocenters. The summed E-state index contributed by atoms with van der Waals surface area (Å²) >= 11 is 0. The Bertz CT molecular complexity index is 404. The third kappa shape index (κ3) is 6.20. The van der Waals surface area contributed by atoms with Crippen LogP contribution in [0.25, 0.3) is 0 Å². The van der Waals surface area contributed by atoms with E-state index < -0.39 is 0 Å². The van der Waals surface area contributed by atoms with E-state index >= 15 is 0 Å². The molecule has 106 valence electrons. The number of hydrogen-bond donors (Lipinski definition) is 2. The van der Waals surface area contributed by atoms with Gasteiger partial charge in [0.2, 0.25) is 0 Å². The first-order valence-electron chi connectivity index (χ1n) is 6.46. The predicted molar refractivity (Wildman–Crippen MR) is 77.8 cm³/mol. The molecule has 1 rings (SSSR count). The average molecular weight is 266 g/mol. The van der Waals surface area contributed by atoms with Crippen LogP contribution in [0.3, 0.4) is 0 Å². The molecule has 0 fully saturated rings. The summed E-state index contributed by atoms with van der Waals surface area (Å²) < 4.78 is 13.4. The monoisotopic (exact) mass is 266 g/mol. The molecule has 0 saturated heterocycles. The van der Waals surface area contributed by atoms with Gasteiger partial charge in [-0.3, -0.25) is 4.99 Å². The molecule has 0 unspecified atom stereocenters. The predicted octanol–water partition coefficient (Wildman–Crippen LogP) is 1.44. The van der Waals surface area contributed by atoms with Crippen LogP contribution in [-0.4, -0.2) is 45.1 Å². The van der Waals surface area contributed by atoms with Gasteiger partial charge in [-0.15, -0.1) is 0 Å². The molecule has 0 radical (unpaired) electrons. The molecule has 0 aliphatic heterocycles. The molecule has 19 heavy (non-hydrogen) atoms. The molecule has 5 heteroatoms. The van der Waals surface area contributed by atoms with Gasteiger partial charge in [-0.05, 0) is 33.1 Å². The molecule has 0 saturated carbocycles. The van der Waals surface area contributed by atoms with E-state index in [4.69, 9.17) is 0 Å². The largest absolute Gasteiger partial charge is 0.356 e. The highest BCUT2D eigenvalue weighted by Gasteiger charge is 2.02. The minimum atomic E-state index is -0.196. The standard InChI is InChI=1S/C14H23FN4/c1-16-14(17-9-6-10-19(2)3)18-11-12-7-4-5-8-13(12)15/h4-5,7-8H,6,9-11H2,1-3H3,(H2,16,17,18). The summed E-state index contributed by atoms with van der Waals surface area (Å²) in [5.74, 6) is 0.500. The van der Waals surface area contributed by atoms with Gasteiger partial charge in [-0.1, -0.05) is 18.2 Å². The lowest BCUT2D eigenvalue weighted by Gasteiger charge is -2.13. The molecule has 2 N–H and O–H groups in total. The van der Waals surface area contributed by atoms with E-state index in [-0.39, 0.29) is 5.82 Å². The van der Waals surface area contributed by atoms with Gasteiger partial charge in [0.25, 0.3) is 0 Å². The van der Waals surface area contributed by atoms with Gasteiger partial charge in [-0.25, -0.2) is 4.39 Å². The fourth-order valence-corrected chi connectivity index (χ4v) is 1.64. The normalized spacial score (nSPS) is 11.7. The van der Waals surface area contributed by atoms with Gasteiger partial charge >= 0.3 is 0 Å². The molecular weight excluding hydrogens is 243 g/mol. The zero-order valence-corrected chi connectivity index (χ0v) is 11.9. The quantitative estimate of drug-likeness (QED) is 0.465. The van der Waals surface area contributed by atoms with E-state index in [1.165, 1.54) is 6.07 Å². The van der Waals surface area contributed by atoms with E-state index in [9.17, 15) is 4.39 Å². The second-order valence-corrected chi connectivity index (χ2v) is 4.60. The molecule has 0 heterocycles. The van der Waals surface area contributed by atoms with Crippen molar-refractivity contribution in [2.75, 3.05) is 34.2 Å². The summed E-state index contributed by atoms with van der Waals surface area (Å²) in [7, 11) is 5.80. The van der Waals surface area contributed by atoms with Crippen molar-refractivity contribution < 1.29 is 4.39 Å². The summed E-state index contributed by atoms with van der Waals surface area (Å²) in [4.78, 5) is 6.24. The first-order chi connectivity index (χ1) is 9.13. The Morgan fingerprint density at radius 2 is 2.00 bits per heavy atom. The van der Waals surface area contributed by atoms with Crippen LogP contribution in [0.4, 0.5) is 4.39 Å². The van der Waals surface area contributed by atoms with Gasteiger partial charge in [0.15, 0.2) is 5.96 Å². The van der Waals surface area contributed by atoms with E-state index in [0.29, 0.717) is 18.1 Å². The minimum absolute atomic E-state index is 0.196. The Morgan fingerprint density at radius 3 is 2.63 bits per heavy atom. The van der Waals surface area contributed by atoms with Gasteiger partial charge in [0.05, 0.1) is 0 Å². The molecule has 0 aliphatic carbocycles. The number of hydrogen-bond acceptors (Lipinski definition) is 2. The summed E-state index contributed by atoms with van der Waals surface area (Å²) in [6.45, 7) is 2.30. The molecule has 4 nitrogen and oxygen atoms in total. The van der Waals surface area contributed by atoms with E-state index in [2.05, 4.69) is 20.5 Å². The van der Waals surface area contributed by atoms with Crippen LogP contribution in [0.1, 0.15) is 12.0 Å². The lowest BCUT2D eigenvalue weighted by atomic mass is 10.2. The van der Waals surface area contributed by atoms with Crippen molar-refractivity contribution in [1.82, 2.24) is 15.5 Å². The van der Waals surface area contributed by atoms with E-state index in [1.54, 1.807) is 19.2 Å². The number of rotatable bonds is 6. The van der Waals surface area contributed by atoms with Crippen molar-refractivity contribution in [3.05, 3.63) is 35.6 Å². The Balaban J connectivity index is 2.32. The third-order valence-electron chi connectivity index (χ3n) is 2.70. The summed E-state index contributed by atoms with van der Waals surface area (Å²) in [6, 6.07) is 6.74. The second kappa shape index (κ2) is 8.48. The van der Waals surface area contributed by atoms with Crippen molar-refractivity contribution in [2.24, 2.45) is 4.99 Å². The van der Waals surface area contributed by atoms with Crippen molar-refractivity contribution in [3.63, 3.8) is 0 Å². The van der Waals surface area contributed by atoms with Crippen LogP contribution in [0.15, 0.2) is 29.3 Å². The molecule has 1 aromatic rings. The zero-order valence-electron chi connectivity index (χ0n) is 11.9. The van der Waals surface area contributed by atoms with Crippen molar-refractivity contribution in [2.45, 2.75) is 13.0 Å². The van der Waals surface area contributed by atoms with Gasteiger partial charge in [0, 0.05) is 25.7 Å². The molecule has 0 aliphatic rings. The van der Waals surface area contributed by atoms with Crippen LogP contribution < -0.4 is 10.6 Å². The number of aliphatic imine (C=N–C) groups is 1. The molecule has 1 aromatic carbocycles. The second-order valence-electron chi connectivity index (χ2n) is 4.60. The van der Waals surface area contributed by atoms with Crippen molar-refractivity contribution in [3.8, 4) is 0 Å². The van der Waals surface area contributed by atoms with Crippen LogP contribution in [0, 0.1) is 5.82 Å². The van der Waals surface area contributed by atoms with Crippen LogP contribution in [-0.2, 0) is 6.54 Å². The maximum absolute atomic E-state index is 13.4. The third-order valence-corrected chi connectivity index (χ3v) is 2.70. The molecule has 0 amide bonds. The summed E-state index contributed by atoms with van der Waals surface area (Å²) in [5, 5.41) is 6.30. The minimum Gasteiger partial charge on any atom is -0.356 e. The number of benzene rings is 1. The number of guanidine groups is 1.